The number of rotatable bonds is 2. The molecule has 11 heteroatoms. The molecule has 0 aromatic carbocycles. The Morgan fingerprint density at radius 3 is 2.14 bits per heavy atom. The second kappa shape index (κ2) is 6.36. The predicted octanol–water partition coefficient (Wildman–Crippen LogP) is 4.34. The molecular formula is C11H5Br2ClF3IN2O2. The SMILES string of the molecule is CI(c1ncc(C(F)(F)F)cc1Cl)N1C(=O)C(Br)=C(Br)C1=O. The van der Waals surface area contributed by atoms with Crippen LogP contribution in [-0.4, -0.2) is 24.8 Å². The molecule has 2 rings (SSSR count). The molecule has 0 saturated carbocycles. The van der Waals surface area contributed by atoms with Crippen molar-refractivity contribution in [3.63, 3.8) is 0 Å². The van der Waals surface area contributed by atoms with Gasteiger partial charge >= 0.3 is 153 Å². The molecule has 0 spiro atoms. The summed E-state index contributed by atoms with van der Waals surface area (Å²) in [5, 5.41) is -0.206. The molecule has 2 heterocycles. The van der Waals surface area contributed by atoms with E-state index in [2.05, 4.69) is 36.8 Å². The first-order valence-corrected chi connectivity index (χ1v) is 11.5. The summed E-state index contributed by atoms with van der Waals surface area (Å²) in [6, 6.07) is 0.750. The molecule has 0 fully saturated rings. The van der Waals surface area contributed by atoms with Crippen LogP contribution in [0.4, 0.5) is 13.2 Å². The molecule has 0 bridgehead atoms. The fourth-order valence-corrected chi connectivity index (χ4v) is 7.45. The van der Waals surface area contributed by atoms with Crippen LogP contribution in [0.1, 0.15) is 5.56 Å². The van der Waals surface area contributed by atoms with Gasteiger partial charge in [-0.1, -0.05) is 0 Å². The van der Waals surface area contributed by atoms with E-state index in [9.17, 15) is 22.8 Å². The summed E-state index contributed by atoms with van der Waals surface area (Å²) in [6.07, 6.45) is -3.91. The van der Waals surface area contributed by atoms with E-state index in [1.165, 1.54) is 0 Å². The van der Waals surface area contributed by atoms with Crippen LogP contribution < -0.4 is 0 Å². The van der Waals surface area contributed by atoms with Gasteiger partial charge in [0, 0.05) is 0 Å². The maximum atomic E-state index is 12.6. The summed E-state index contributed by atoms with van der Waals surface area (Å²) in [5.41, 5.74) is -0.981. The zero-order chi connectivity index (χ0) is 16.8. The van der Waals surface area contributed by atoms with Crippen molar-refractivity contribution in [2.75, 3.05) is 4.93 Å². The van der Waals surface area contributed by atoms with Gasteiger partial charge in [-0.3, -0.25) is 0 Å². The molecular weight excluding hydrogens is 571 g/mol. The van der Waals surface area contributed by atoms with E-state index in [0.29, 0.717) is 6.20 Å². The van der Waals surface area contributed by atoms with E-state index < -0.39 is 43.6 Å². The molecule has 1 aliphatic rings. The van der Waals surface area contributed by atoms with E-state index in [-0.39, 0.29) is 17.7 Å². The van der Waals surface area contributed by atoms with E-state index in [0.717, 1.165) is 9.18 Å². The monoisotopic (exact) mass is 574 g/mol. The van der Waals surface area contributed by atoms with Crippen molar-refractivity contribution in [2.24, 2.45) is 0 Å². The normalized spacial score (nSPS) is 16.7. The second-order valence-electron chi connectivity index (χ2n) is 3.96. The first-order chi connectivity index (χ1) is 10.1. The van der Waals surface area contributed by atoms with Crippen molar-refractivity contribution < 1.29 is 22.8 Å². The minimum absolute atomic E-state index is 0.0738. The quantitative estimate of drug-likeness (QED) is 0.173. The summed E-state index contributed by atoms with van der Waals surface area (Å²) in [7, 11) is 0. The van der Waals surface area contributed by atoms with Crippen LogP contribution in [0.5, 0.6) is 0 Å². The molecule has 1 aromatic heterocycles. The summed E-state index contributed by atoms with van der Waals surface area (Å²) in [6.45, 7) is 0. The molecule has 0 aliphatic carbocycles. The van der Waals surface area contributed by atoms with Crippen LogP contribution in [0.25, 0.3) is 0 Å². The van der Waals surface area contributed by atoms with Gasteiger partial charge in [-0.25, -0.2) is 0 Å². The molecule has 22 heavy (non-hydrogen) atoms. The molecule has 0 atom stereocenters. The first-order valence-electron chi connectivity index (χ1n) is 5.32. The van der Waals surface area contributed by atoms with Crippen molar-refractivity contribution in [2.45, 2.75) is 6.18 Å². The number of aromatic nitrogens is 1. The molecule has 2 amide bonds. The molecule has 4 nitrogen and oxygen atoms in total. The predicted molar refractivity (Wildman–Crippen MR) is 89.6 cm³/mol. The number of hydrogen-bond donors (Lipinski definition) is 0. The van der Waals surface area contributed by atoms with Gasteiger partial charge in [0.1, 0.15) is 0 Å². The topological polar surface area (TPSA) is 50.3 Å². The van der Waals surface area contributed by atoms with Crippen LogP contribution in [0.3, 0.4) is 0 Å². The van der Waals surface area contributed by atoms with Gasteiger partial charge in [0.2, 0.25) is 0 Å². The van der Waals surface area contributed by atoms with Gasteiger partial charge in [0.15, 0.2) is 0 Å². The molecule has 0 unspecified atom stereocenters. The number of imide groups is 1. The molecule has 0 radical (unpaired) electrons. The number of carbonyl (C=O) groups is 2. The zero-order valence-corrected chi connectivity index (χ0v) is 16.6. The van der Waals surface area contributed by atoms with Crippen LogP contribution in [-0.2, 0) is 15.8 Å². The fourth-order valence-electron chi connectivity index (χ4n) is 1.54. The van der Waals surface area contributed by atoms with Crippen molar-refractivity contribution in [3.8, 4) is 0 Å². The van der Waals surface area contributed by atoms with Gasteiger partial charge in [-0.15, -0.1) is 0 Å². The Morgan fingerprint density at radius 2 is 1.73 bits per heavy atom. The Kier molecular flexibility index (Phi) is 5.25. The van der Waals surface area contributed by atoms with Gasteiger partial charge in [0.25, 0.3) is 0 Å². The van der Waals surface area contributed by atoms with E-state index >= 15 is 0 Å². The van der Waals surface area contributed by atoms with Crippen molar-refractivity contribution in [3.05, 3.63) is 35.5 Å². The number of nitrogens with zero attached hydrogens (tertiary/aromatic N) is 2. The van der Waals surface area contributed by atoms with Crippen LogP contribution in [0, 0.1) is 3.70 Å². The molecule has 120 valence electrons. The second-order valence-corrected chi connectivity index (χ2v) is 10.5. The number of amides is 2. The first kappa shape index (κ1) is 18.1. The van der Waals surface area contributed by atoms with Crippen molar-refractivity contribution in [1.29, 1.82) is 0 Å². The standard InChI is InChI=1S/C11H5Br2ClF3IN2O2/c1-18(20-9(21)6(12)7(13)10(20)22)8-5(14)2-4(3-19-8)11(15,16)17/h2-3H,1H3. The molecule has 1 aromatic rings. The maximum absolute atomic E-state index is 12.6. The third-order valence-electron chi connectivity index (χ3n) is 2.56. The van der Waals surface area contributed by atoms with Crippen LogP contribution in [0.2, 0.25) is 5.02 Å². The number of hydrogen-bond acceptors (Lipinski definition) is 3. The third-order valence-corrected chi connectivity index (χ3v) is 9.83. The Morgan fingerprint density at radius 1 is 1.23 bits per heavy atom. The Labute approximate surface area is 152 Å². The summed E-state index contributed by atoms with van der Waals surface area (Å²) in [4.78, 5) is 29.4. The minimum atomic E-state index is -4.56. The van der Waals surface area contributed by atoms with Gasteiger partial charge in [0.05, 0.1) is 0 Å². The third kappa shape index (κ3) is 3.20. The number of alkyl halides is 4. The van der Waals surface area contributed by atoms with Crippen molar-refractivity contribution in [1.82, 2.24) is 8.10 Å². The number of halogens is 7. The summed E-state index contributed by atoms with van der Waals surface area (Å²) in [5.74, 6) is -1.11. The zero-order valence-electron chi connectivity index (χ0n) is 10.5. The average Bonchev–Trinajstić information content (AvgIpc) is 2.61. The number of pyridine rings is 1. The van der Waals surface area contributed by atoms with E-state index in [1.54, 1.807) is 4.93 Å². The number of carbonyl (C=O) groups excluding carboxylic acids is 2. The van der Waals surface area contributed by atoms with Crippen molar-refractivity contribution >= 4 is 75.4 Å². The molecule has 1 aliphatic heterocycles. The van der Waals surface area contributed by atoms with Gasteiger partial charge in [-0.2, -0.15) is 0 Å². The Hall–Kier alpha value is -0.200. The average molecular weight is 576 g/mol. The Bertz CT molecular complexity index is 687. The van der Waals surface area contributed by atoms with Gasteiger partial charge < -0.3 is 0 Å². The van der Waals surface area contributed by atoms with Crippen LogP contribution >= 0.6 is 63.6 Å². The summed E-state index contributed by atoms with van der Waals surface area (Å²) >= 11 is 9.15. The van der Waals surface area contributed by atoms with E-state index in [1.807, 2.05) is 0 Å². The van der Waals surface area contributed by atoms with Gasteiger partial charge in [-0.05, 0) is 0 Å². The van der Waals surface area contributed by atoms with Crippen LogP contribution in [0.15, 0.2) is 21.2 Å². The molecule has 0 N–H and O–H groups in total. The van der Waals surface area contributed by atoms with E-state index in [4.69, 9.17) is 11.6 Å². The molecule has 0 saturated heterocycles. The Balaban J connectivity index is 2.38. The fraction of sp³-hybridized carbons (Fsp3) is 0.182. The summed E-state index contributed by atoms with van der Waals surface area (Å²) < 4.78 is 39.1.